The SMILES string of the molecule is Cc1cc(N)cc(S(=O)(=O)NCC(C)(O)CC(C)C)c1C. The maximum atomic E-state index is 12.4. The molecule has 6 heteroatoms. The second kappa shape index (κ2) is 6.34. The van der Waals surface area contributed by atoms with Gasteiger partial charge in [0, 0.05) is 12.2 Å². The zero-order chi connectivity index (χ0) is 16.4. The fourth-order valence-corrected chi connectivity index (χ4v) is 3.92. The van der Waals surface area contributed by atoms with Crippen molar-refractivity contribution in [2.24, 2.45) is 5.92 Å². The largest absolute Gasteiger partial charge is 0.399 e. The Kier molecular flexibility index (Phi) is 5.41. The first-order valence-corrected chi connectivity index (χ1v) is 8.52. The minimum absolute atomic E-state index is 0.0270. The summed E-state index contributed by atoms with van der Waals surface area (Å²) in [6.45, 7) is 9.13. The first kappa shape index (κ1) is 17.9. The van der Waals surface area contributed by atoms with E-state index in [1.165, 1.54) is 6.07 Å². The van der Waals surface area contributed by atoms with Crippen molar-refractivity contribution in [1.82, 2.24) is 4.72 Å². The molecule has 0 bridgehead atoms. The molecule has 0 saturated heterocycles. The molecule has 0 spiro atoms. The summed E-state index contributed by atoms with van der Waals surface area (Å²) < 4.78 is 27.3. The molecule has 0 fully saturated rings. The quantitative estimate of drug-likeness (QED) is 0.700. The van der Waals surface area contributed by atoms with Crippen LogP contribution >= 0.6 is 0 Å². The lowest BCUT2D eigenvalue weighted by Crippen LogP contribution is -2.41. The second-order valence-electron chi connectivity index (χ2n) is 6.38. The van der Waals surface area contributed by atoms with E-state index in [9.17, 15) is 13.5 Å². The number of aliphatic hydroxyl groups is 1. The van der Waals surface area contributed by atoms with Gasteiger partial charge in [0.1, 0.15) is 0 Å². The number of nitrogen functional groups attached to an aromatic ring is 1. The van der Waals surface area contributed by atoms with Crippen molar-refractivity contribution >= 4 is 15.7 Å². The topological polar surface area (TPSA) is 92.4 Å². The van der Waals surface area contributed by atoms with E-state index >= 15 is 0 Å². The van der Waals surface area contributed by atoms with Gasteiger partial charge in [-0.25, -0.2) is 13.1 Å². The van der Waals surface area contributed by atoms with Gasteiger partial charge in [-0.1, -0.05) is 13.8 Å². The molecule has 21 heavy (non-hydrogen) atoms. The summed E-state index contributed by atoms with van der Waals surface area (Å²) in [6, 6.07) is 3.19. The van der Waals surface area contributed by atoms with Crippen molar-refractivity contribution in [1.29, 1.82) is 0 Å². The number of sulfonamides is 1. The highest BCUT2D eigenvalue weighted by atomic mass is 32.2. The number of rotatable bonds is 6. The Morgan fingerprint density at radius 1 is 1.33 bits per heavy atom. The number of nitrogens with two attached hydrogens (primary N) is 1. The molecule has 0 heterocycles. The number of nitrogens with one attached hydrogen (secondary N) is 1. The van der Waals surface area contributed by atoms with Crippen LogP contribution in [0.4, 0.5) is 5.69 Å². The van der Waals surface area contributed by atoms with Crippen LogP contribution in [0.2, 0.25) is 0 Å². The van der Waals surface area contributed by atoms with Gasteiger partial charge in [0.05, 0.1) is 10.5 Å². The Labute approximate surface area is 127 Å². The Morgan fingerprint density at radius 2 is 1.90 bits per heavy atom. The molecule has 1 atom stereocenters. The van der Waals surface area contributed by atoms with Crippen molar-refractivity contribution in [3.63, 3.8) is 0 Å². The van der Waals surface area contributed by atoms with E-state index in [0.29, 0.717) is 17.7 Å². The van der Waals surface area contributed by atoms with E-state index in [1.54, 1.807) is 19.9 Å². The predicted octanol–water partition coefficient (Wildman–Crippen LogP) is 1.96. The molecular weight excluding hydrogens is 288 g/mol. The monoisotopic (exact) mass is 314 g/mol. The van der Waals surface area contributed by atoms with Gasteiger partial charge in [-0.2, -0.15) is 0 Å². The first-order chi connectivity index (χ1) is 9.44. The third-order valence-electron chi connectivity index (χ3n) is 3.42. The molecule has 4 N–H and O–H groups in total. The van der Waals surface area contributed by atoms with Crippen molar-refractivity contribution < 1.29 is 13.5 Å². The maximum absolute atomic E-state index is 12.4. The van der Waals surface area contributed by atoms with Gasteiger partial charge in [0.2, 0.25) is 10.0 Å². The number of aryl methyl sites for hydroxylation is 1. The fraction of sp³-hybridized carbons (Fsp3) is 0.600. The van der Waals surface area contributed by atoms with Crippen molar-refractivity contribution in [2.45, 2.75) is 51.5 Å². The van der Waals surface area contributed by atoms with E-state index in [-0.39, 0.29) is 17.4 Å². The van der Waals surface area contributed by atoms with Crippen LogP contribution in [0, 0.1) is 19.8 Å². The third kappa shape index (κ3) is 4.98. The van der Waals surface area contributed by atoms with E-state index in [0.717, 1.165) is 5.56 Å². The summed E-state index contributed by atoms with van der Waals surface area (Å²) in [5.74, 6) is 0.279. The van der Waals surface area contributed by atoms with Gasteiger partial charge in [-0.15, -0.1) is 0 Å². The smallest absolute Gasteiger partial charge is 0.241 e. The minimum atomic E-state index is -3.69. The Hall–Kier alpha value is -1.11. The van der Waals surface area contributed by atoms with Crippen LogP contribution in [-0.2, 0) is 10.0 Å². The normalized spacial score (nSPS) is 15.2. The third-order valence-corrected chi connectivity index (χ3v) is 4.95. The maximum Gasteiger partial charge on any atom is 0.241 e. The number of benzene rings is 1. The van der Waals surface area contributed by atoms with Crippen LogP contribution in [0.15, 0.2) is 17.0 Å². The van der Waals surface area contributed by atoms with Crippen molar-refractivity contribution in [2.75, 3.05) is 12.3 Å². The summed E-state index contributed by atoms with van der Waals surface area (Å²) in [5.41, 5.74) is 6.55. The van der Waals surface area contributed by atoms with Crippen LogP contribution in [0.5, 0.6) is 0 Å². The van der Waals surface area contributed by atoms with E-state index in [4.69, 9.17) is 5.73 Å². The van der Waals surface area contributed by atoms with Crippen molar-refractivity contribution in [3.8, 4) is 0 Å². The Bertz CT molecular complexity index is 608. The summed E-state index contributed by atoms with van der Waals surface area (Å²) in [4.78, 5) is 0.167. The van der Waals surface area contributed by atoms with Crippen LogP contribution in [0.3, 0.4) is 0 Å². The Morgan fingerprint density at radius 3 is 2.43 bits per heavy atom. The summed E-state index contributed by atoms with van der Waals surface area (Å²) in [7, 11) is -3.69. The first-order valence-electron chi connectivity index (χ1n) is 7.03. The van der Waals surface area contributed by atoms with Crippen LogP contribution in [0.25, 0.3) is 0 Å². The molecule has 0 radical (unpaired) electrons. The molecular formula is C15H26N2O3S. The average Bonchev–Trinajstić information content (AvgIpc) is 2.30. The molecule has 0 amide bonds. The molecule has 1 unspecified atom stereocenters. The molecule has 1 aromatic rings. The zero-order valence-corrected chi connectivity index (χ0v) is 14.2. The summed E-state index contributed by atoms with van der Waals surface area (Å²) >= 11 is 0. The highest BCUT2D eigenvalue weighted by molar-refractivity contribution is 7.89. The number of hydrogen-bond acceptors (Lipinski definition) is 4. The lowest BCUT2D eigenvalue weighted by molar-refractivity contribution is 0.0437. The van der Waals surface area contributed by atoms with Crippen molar-refractivity contribution in [3.05, 3.63) is 23.3 Å². The highest BCUT2D eigenvalue weighted by Gasteiger charge is 2.26. The number of anilines is 1. The van der Waals surface area contributed by atoms with Crippen LogP contribution in [0.1, 0.15) is 38.3 Å². The second-order valence-corrected chi connectivity index (χ2v) is 8.12. The van der Waals surface area contributed by atoms with Gasteiger partial charge in [-0.3, -0.25) is 0 Å². The lowest BCUT2D eigenvalue weighted by Gasteiger charge is -2.25. The van der Waals surface area contributed by atoms with Gasteiger partial charge in [0.15, 0.2) is 0 Å². The molecule has 5 nitrogen and oxygen atoms in total. The standard InChI is InChI=1S/C15H26N2O3S/c1-10(2)8-15(5,18)9-17-21(19,20)14-7-13(16)6-11(3)12(14)4/h6-7,10,17-18H,8-9,16H2,1-5H3. The average molecular weight is 314 g/mol. The molecule has 1 rings (SSSR count). The van der Waals surface area contributed by atoms with Gasteiger partial charge >= 0.3 is 0 Å². The summed E-state index contributed by atoms with van der Waals surface area (Å²) in [6.07, 6.45) is 0.518. The molecule has 0 saturated carbocycles. The van der Waals surface area contributed by atoms with E-state index < -0.39 is 15.6 Å². The summed E-state index contributed by atoms with van der Waals surface area (Å²) in [5, 5.41) is 10.2. The minimum Gasteiger partial charge on any atom is -0.399 e. The molecule has 0 aliphatic heterocycles. The Balaban J connectivity index is 2.98. The van der Waals surface area contributed by atoms with Gasteiger partial charge in [-0.05, 0) is 56.4 Å². The number of hydrogen-bond donors (Lipinski definition) is 3. The molecule has 0 aliphatic rings. The van der Waals surface area contributed by atoms with E-state index in [1.807, 2.05) is 20.8 Å². The highest BCUT2D eigenvalue weighted by Crippen LogP contribution is 2.23. The fourth-order valence-electron chi connectivity index (χ4n) is 2.41. The van der Waals surface area contributed by atoms with Crippen LogP contribution < -0.4 is 10.5 Å². The molecule has 0 aromatic heterocycles. The molecule has 120 valence electrons. The van der Waals surface area contributed by atoms with Gasteiger partial charge in [0.25, 0.3) is 0 Å². The zero-order valence-electron chi connectivity index (χ0n) is 13.4. The molecule has 0 aliphatic carbocycles. The molecule has 1 aromatic carbocycles. The lowest BCUT2D eigenvalue weighted by atomic mass is 9.95. The van der Waals surface area contributed by atoms with Crippen LogP contribution in [-0.4, -0.2) is 25.7 Å². The van der Waals surface area contributed by atoms with Gasteiger partial charge < -0.3 is 10.8 Å². The van der Waals surface area contributed by atoms with E-state index in [2.05, 4.69) is 4.72 Å². The predicted molar refractivity (Wildman–Crippen MR) is 85.6 cm³/mol.